The van der Waals surface area contributed by atoms with Crippen LogP contribution in [0.25, 0.3) is 11.2 Å². The molecule has 0 radical (unpaired) electrons. The standard InChI is InChI=1S/C31H33N5O5S/c1-3-31(13-5-4-6-14-31)15-12-23-17-24(37)25(29(38)41-23)30(2,20-10-11-20)21-8-7-9-22(16-21)36-42(39,40)28-26-27(33-18-32-26)34-19-35-28/h4-9,13,16-20,36-37H,3,10-12,14-15H2,1-2H3,(H,32,33,34,35). The number of aromatic nitrogens is 4. The number of nitrogens with zero attached hydrogens (tertiary/aromatic N) is 3. The first-order valence-electron chi connectivity index (χ1n) is 14.1. The van der Waals surface area contributed by atoms with Crippen LogP contribution in [0.15, 0.2) is 81.5 Å². The lowest BCUT2D eigenvalue weighted by atomic mass is 9.72. The molecule has 2 aliphatic rings. The molecule has 218 valence electrons. The number of allylic oxidation sites excluding steroid dienone is 4. The number of aromatic amines is 1. The Hall–Kier alpha value is -4.25. The molecule has 3 N–H and O–H groups in total. The second-order valence-electron chi connectivity index (χ2n) is 11.4. The lowest BCUT2D eigenvalue weighted by Gasteiger charge is -2.31. The molecule has 0 saturated heterocycles. The topological polar surface area (TPSA) is 151 Å². The first-order chi connectivity index (χ1) is 20.1. The van der Waals surface area contributed by atoms with Crippen LogP contribution in [0.4, 0.5) is 5.69 Å². The molecular formula is C31H33N5O5S. The molecule has 0 aliphatic heterocycles. The van der Waals surface area contributed by atoms with Gasteiger partial charge in [0.15, 0.2) is 5.65 Å². The molecule has 2 aliphatic carbocycles. The molecular weight excluding hydrogens is 554 g/mol. The fourth-order valence-corrected chi connectivity index (χ4v) is 7.28. The van der Waals surface area contributed by atoms with E-state index >= 15 is 0 Å². The molecule has 1 saturated carbocycles. The third kappa shape index (κ3) is 5.02. The molecule has 1 aromatic carbocycles. The summed E-state index contributed by atoms with van der Waals surface area (Å²) in [5.74, 6) is 0.429. The van der Waals surface area contributed by atoms with Crippen molar-refractivity contribution < 1.29 is 17.9 Å². The average molecular weight is 588 g/mol. The molecule has 11 heteroatoms. The highest BCUT2D eigenvalue weighted by Gasteiger charge is 2.48. The minimum absolute atomic E-state index is 0.00680. The van der Waals surface area contributed by atoms with E-state index in [9.17, 15) is 18.3 Å². The molecule has 0 spiro atoms. The van der Waals surface area contributed by atoms with Gasteiger partial charge in [-0.3, -0.25) is 4.72 Å². The SMILES string of the molecule is CCC1(CCc2cc(O)c(C(C)(c3cccc(NS(=O)(=O)c4ncnc5nc[nH]c45)c3)C3CC3)c(=O)o2)C=CC=CC1. The summed E-state index contributed by atoms with van der Waals surface area (Å²) in [7, 11) is -4.10. The maximum absolute atomic E-state index is 13.5. The van der Waals surface area contributed by atoms with Crippen LogP contribution < -0.4 is 10.3 Å². The van der Waals surface area contributed by atoms with Gasteiger partial charge in [-0.25, -0.2) is 19.7 Å². The van der Waals surface area contributed by atoms with Gasteiger partial charge >= 0.3 is 5.63 Å². The average Bonchev–Trinajstić information content (AvgIpc) is 3.73. The van der Waals surface area contributed by atoms with Gasteiger partial charge in [-0.05, 0) is 61.1 Å². The fourth-order valence-electron chi connectivity index (χ4n) is 6.14. The fraction of sp³-hybridized carbons (Fsp3) is 0.355. The van der Waals surface area contributed by atoms with Gasteiger partial charge in [0.1, 0.15) is 23.4 Å². The third-order valence-corrected chi connectivity index (χ3v) is 10.2. The summed E-state index contributed by atoms with van der Waals surface area (Å²) in [6, 6.07) is 8.46. The predicted molar refractivity (Wildman–Crippen MR) is 159 cm³/mol. The van der Waals surface area contributed by atoms with Gasteiger partial charge in [0.05, 0.1) is 11.9 Å². The number of rotatable bonds is 10. The van der Waals surface area contributed by atoms with Crippen LogP contribution >= 0.6 is 0 Å². The van der Waals surface area contributed by atoms with Gasteiger partial charge in [0, 0.05) is 23.6 Å². The molecule has 0 amide bonds. The van der Waals surface area contributed by atoms with Crippen LogP contribution in [0.2, 0.25) is 0 Å². The number of aromatic hydroxyl groups is 1. The minimum atomic E-state index is -4.10. The zero-order valence-corrected chi connectivity index (χ0v) is 24.3. The van der Waals surface area contributed by atoms with Crippen molar-refractivity contribution in [1.82, 2.24) is 19.9 Å². The van der Waals surface area contributed by atoms with Crippen LogP contribution in [0.1, 0.15) is 62.8 Å². The molecule has 0 bridgehead atoms. The van der Waals surface area contributed by atoms with Crippen molar-refractivity contribution in [3.63, 3.8) is 0 Å². The summed E-state index contributed by atoms with van der Waals surface area (Å²) < 4.78 is 35.0. The van der Waals surface area contributed by atoms with Crippen molar-refractivity contribution in [2.75, 3.05) is 4.72 Å². The highest BCUT2D eigenvalue weighted by molar-refractivity contribution is 7.92. The minimum Gasteiger partial charge on any atom is -0.507 e. The smallest absolute Gasteiger partial charge is 0.343 e. The van der Waals surface area contributed by atoms with Gasteiger partial charge in [0.25, 0.3) is 10.0 Å². The Morgan fingerprint density at radius 2 is 2.02 bits per heavy atom. The van der Waals surface area contributed by atoms with Crippen LogP contribution in [0, 0.1) is 11.3 Å². The van der Waals surface area contributed by atoms with Gasteiger partial charge in [-0.1, -0.05) is 50.3 Å². The van der Waals surface area contributed by atoms with E-state index in [2.05, 4.69) is 49.8 Å². The van der Waals surface area contributed by atoms with Crippen LogP contribution in [-0.2, 0) is 21.9 Å². The third-order valence-electron chi connectivity index (χ3n) is 8.85. The van der Waals surface area contributed by atoms with Gasteiger partial charge in [-0.2, -0.15) is 8.42 Å². The van der Waals surface area contributed by atoms with Crippen molar-refractivity contribution >= 4 is 26.9 Å². The van der Waals surface area contributed by atoms with Crippen LogP contribution in [0.5, 0.6) is 5.75 Å². The molecule has 42 heavy (non-hydrogen) atoms. The van der Waals surface area contributed by atoms with Crippen LogP contribution in [-0.4, -0.2) is 33.5 Å². The zero-order valence-electron chi connectivity index (χ0n) is 23.5. The number of sulfonamides is 1. The van der Waals surface area contributed by atoms with E-state index in [4.69, 9.17) is 4.42 Å². The number of benzene rings is 1. The number of imidazole rings is 1. The molecule has 4 aromatic rings. The van der Waals surface area contributed by atoms with Crippen molar-refractivity contribution in [3.05, 3.63) is 94.6 Å². The normalized spacial score (nSPS) is 20.0. The summed E-state index contributed by atoms with van der Waals surface area (Å²) in [5, 5.41) is 11.0. The van der Waals surface area contributed by atoms with E-state index < -0.39 is 21.1 Å². The van der Waals surface area contributed by atoms with E-state index in [1.165, 1.54) is 6.33 Å². The number of H-pyrrole nitrogens is 1. The number of fused-ring (bicyclic) bond motifs is 1. The quantitative estimate of drug-likeness (QED) is 0.209. The summed E-state index contributed by atoms with van der Waals surface area (Å²) in [5.41, 5.74) is 0.164. The number of hydrogen-bond acceptors (Lipinski definition) is 8. The Morgan fingerprint density at radius 3 is 2.74 bits per heavy atom. The Labute approximate surface area is 243 Å². The second-order valence-corrected chi connectivity index (χ2v) is 13.0. The molecule has 2 unspecified atom stereocenters. The second kappa shape index (κ2) is 10.5. The van der Waals surface area contributed by atoms with Crippen molar-refractivity contribution in [2.45, 2.75) is 62.8 Å². The molecule has 3 heterocycles. The summed E-state index contributed by atoms with van der Waals surface area (Å²) >= 11 is 0. The van der Waals surface area contributed by atoms with E-state index in [1.54, 1.807) is 24.3 Å². The number of hydrogen-bond donors (Lipinski definition) is 3. The largest absolute Gasteiger partial charge is 0.507 e. The number of aryl methyl sites for hydroxylation is 1. The summed E-state index contributed by atoms with van der Waals surface area (Å²) in [6.45, 7) is 4.06. The highest BCUT2D eigenvalue weighted by Crippen LogP contribution is 2.52. The number of nitrogens with one attached hydrogen (secondary N) is 2. The highest BCUT2D eigenvalue weighted by atomic mass is 32.2. The number of anilines is 1. The predicted octanol–water partition coefficient (Wildman–Crippen LogP) is 5.37. The monoisotopic (exact) mass is 587 g/mol. The van der Waals surface area contributed by atoms with Gasteiger partial charge < -0.3 is 14.5 Å². The Balaban J connectivity index is 1.31. The van der Waals surface area contributed by atoms with Crippen molar-refractivity contribution in [2.24, 2.45) is 11.3 Å². The molecule has 2 atom stereocenters. The van der Waals surface area contributed by atoms with E-state index in [0.717, 1.165) is 38.4 Å². The molecule has 6 rings (SSSR count). The molecule has 3 aromatic heterocycles. The van der Waals surface area contributed by atoms with Gasteiger partial charge in [0.2, 0.25) is 5.03 Å². The van der Waals surface area contributed by atoms with Crippen molar-refractivity contribution in [3.8, 4) is 5.75 Å². The Bertz CT molecular complexity index is 1870. The maximum Gasteiger partial charge on any atom is 0.343 e. The zero-order chi connectivity index (χ0) is 29.5. The summed E-state index contributed by atoms with van der Waals surface area (Å²) in [4.78, 5) is 28.2. The van der Waals surface area contributed by atoms with Crippen molar-refractivity contribution in [1.29, 1.82) is 0 Å². The first kappa shape index (κ1) is 27.9. The van der Waals surface area contributed by atoms with E-state index in [1.807, 2.05) is 19.1 Å². The van der Waals surface area contributed by atoms with E-state index in [-0.39, 0.29) is 38.8 Å². The lowest BCUT2D eigenvalue weighted by Crippen LogP contribution is -2.33. The van der Waals surface area contributed by atoms with Gasteiger partial charge in [-0.15, -0.1) is 0 Å². The molecule has 1 fully saturated rings. The first-order valence-corrected chi connectivity index (χ1v) is 15.6. The lowest BCUT2D eigenvalue weighted by molar-refractivity contribution is 0.315. The summed E-state index contributed by atoms with van der Waals surface area (Å²) in [6.07, 6.45) is 15.9. The molecule has 10 nitrogen and oxygen atoms in total. The van der Waals surface area contributed by atoms with Crippen LogP contribution in [0.3, 0.4) is 0 Å². The van der Waals surface area contributed by atoms with E-state index in [0.29, 0.717) is 23.4 Å². The maximum atomic E-state index is 13.5. The Morgan fingerprint density at radius 1 is 1.19 bits per heavy atom. The Kier molecular flexibility index (Phi) is 7.00.